The minimum atomic E-state index is 0.686. The minimum absolute atomic E-state index is 0.686. The van der Waals surface area contributed by atoms with E-state index in [9.17, 15) is 0 Å². The highest BCUT2D eigenvalue weighted by molar-refractivity contribution is 9.11. The molecule has 0 aliphatic carbocycles. The summed E-state index contributed by atoms with van der Waals surface area (Å²) in [6.45, 7) is 2.67. The van der Waals surface area contributed by atoms with Gasteiger partial charge in [-0.3, -0.25) is 5.10 Å². The number of hydrogen-bond acceptors (Lipinski definition) is 4. The van der Waals surface area contributed by atoms with Crippen LogP contribution >= 0.6 is 31.9 Å². The summed E-state index contributed by atoms with van der Waals surface area (Å²) in [4.78, 5) is 4.33. The molecule has 22 heavy (non-hydrogen) atoms. The zero-order valence-electron chi connectivity index (χ0n) is 12.1. The lowest BCUT2D eigenvalue weighted by atomic mass is 10.2. The largest absolute Gasteiger partial charge is 0.494 e. The smallest absolute Gasteiger partial charge is 0.181 e. The van der Waals surface area contributed by atoms with E-state index in [2.05, 4.69) is 58.4 Å². The van der Waals surface area contributed by atoms with Crippen molar-refractivity contribution in [1.29, 1.82) is 0 Å². The number of ether oxygens (including phenoxy) is 1. The van der Waals surface area contributed by atoms with Gasteiger partial charge in [0.05, 0.1) is 27.9 Å². The van der Waals surface area contributed by atoms with E-state index in [1.54, 1.807) is 13.3 Å². The molecule has 0 spiro atoms. The van der Waals surface area contributed by atoms with Gasteiger partial charge in [0, 0.05) is 17.6 Å². The van der Waals surface area contributed by atoms with Gasteiger partial charge in [0.25, 0.3) is 0 Å². The standard InChI is InChI=1S/C15H14Br2N4O/c1-8-11-5-10(7-19-15(11)21-20-8)18-6-9-3-12(16)14(22-2)13(17)4-9/h3-5,7,18H,6H2,1-2H3,(H,19,20,21). The van der Waals surface area contributed by atoms with Gasteiger partial charge in [-0.25, -0.2) is 4.98 Å². The van der Waals surface area contributed by atoms with Crippen LogP contribution in [0, 0.1) is 6.92 Å². The zero-order valence-corrected chi connectivity index (χ0v) is 15.2. The number of rotatable bonds is 4. The van der Waals surface area contributed by atoms with Crippen molar-refractivity contribution in [2.24, 2.45) is 0 Å². The second-order valence-corrected chi connectivity index (χ2v) is 6.60. The summed E-state index contributed by atoms with van der Waals surface area (Å²) in [6.07, 6.45) is 1.79. The first-order chi connectivity index (χ1) is 10.6. The van der Waals surface area contributed by atoms with Gasteiger partial charge in [-0.15, -0.1) is 0 Å². The molecule has 5 nitrogen and oxygen atoms in total. The van der Waals surface area contributed by atoms with Crippen molar-refractivity contribution in [2.45, 2.75) is 13.5 Å². The van der Waals surface area contributed by atoms with Crippen molar-refractivity contribution in [2.75, 3.05) is 12.4 Å². The fourth-order valence-electron chi connectivity index (χ4n) is 2.23. The van der Waals surface area contributed by atoms with Gasteiger partial charge in [-0.2, -0.15) is 5.10 Å². The van der Waals surface area contributed by atoms with Gasteiger partial charge in [0.1, 0.15) is 5.75 Å². The van der Waals surface area contributed by atoms with Gasteiger partial charge in [-0.05, 0) is 62.5 Å². The normalized spacial score (nSPS) is 10.9. The summed E-state index contributed by atoms with van der Waals surface area (Å²) in [7, 11) is 1.65. The number of nitrogens with one attached hydrogen (secondary N) is 2. The van der Waals surface area contributed by atoms with Crippen molar-refractivity contribution >= 4 is 48.6 Å². The van der Waals surface area contributed by atoms with E-state index in [0.29, 0.717) is 6.54 Å². The van der Waals surface area contributed by atoms with Crippen LogP contribution in [0.2, 0.25) is 0 Å². The Labute approximate surface area is 144 Å². The lowest BCUT2D eigenvalue weighted by Crippen LogP contribution is -2.00. The number of aromatic amines is 1. The third-order valence-corrected chi connectivity index (χ3v) is 4.54. The summed E-state index contributed by atoms with van der Waals surface area (Å²) in [5.74, 6) is 0.792. The molecule has 114 valence electrons. The van der Waals surface area contributed by atoms with Crippen molar-refractivity contribution in [1.82, 2.24) is 15.2 Å². The first kappa shape index (κ1) is 15.3. The predicted molar refractivity (Wildman–Crippen MR) is 94.3 cm³/mol. The SMILES string of the molecule is COc1c(Br)cc(CNc2cnc3n[nH]c(C)c3c2)cc1Br. The van der Waals surface area contributed by atoms with E-state index in [1.807, 2.05) is 19.1 Å². The van der Waals surface area contributed by atoms with Crippen molar-refractivity contribution in [3.63, 3.8) is 0 Å². The molecule has 0 unspecified atom stereocenters. The van der Waals surface area contributed by atoms with Gasteiger partial charge in [-0.1, -0.05) is 0 Å². The Morgan fingerprint density at radius 2 is 1.95 bits per heavy atom. The molecule has 0 fully saturated rings. The lowest BCUT2D eigenvalue weighted by molar-refractivity contribution is 0.409. The number of nitrogens with zero attached hydrogens (tertiary/aromatic N) is 2. The van der Waals surface area contributed by atoms with Crippen LogP contribution in [0.1, 0.15) is 11.3 Å². The van der Waals surface area contributed by atoms with E-state index in [1.165, 1.54) is 0 Å². The third-order valence-electron chi connectivity index (χ3n) is 3.36. The van der Waals surface area contributed by atoms with Gasteiger partial charge in [0.15, 0.2) is 5.65 Å². The highest BCUT2D eigenvalue weighted by Crippen LogP contribution is 2.34. The first-order valence-corrected chi connectivity index (χ1v) is 8.23. The quantitative estimate of drug-likeness (QED) is 0.649. The van der Waals surface area contributed by atoms with Gasteiger partial charge in [0.2, 0.25) is 0 Å². The number of hydrogen-bond donors (Lipinski definition) is 2. The maximum absolute atomic E-state index is 5.31. The Bertz CT molecular complexity index is 809. The molecule has 0 radical (unpaired) electrons. The first-order valence-electron chi connectivity index (χ1n) is 6.65. The fourth-order valence-corrected chi connectivity index (χ4v) is 3.83. The third kappa shape index (κ3) is 2.96. The Morgan fingerprint density at radius 3 is 2.64 bits per heavy atom. The molecule has 0 amide bonds. The van der Waals surface area contributed by atoms with Crippen LogP contribution in [0.15, 0.2) is 33.3 Å². The van der Waals surface area contributed by atoms with Crippen LogP contribution in [0.5, 0.6) is 5.75 Å². The number of H-pyrrole nitrogens is 1. The maximum atomic E-state index is 5.31. The second kappa shape index (κ2) is 6.26. The number of anilines is 1. The number of methoxy groups -OCH3 is 1. The predicted octanol–water partition coefficient (Wildman–Crippen LogP) is 4.41. The number of aryl methyl sites for hydroxylation is 1. The lowest BCUT2D eigenvalue weighted by Gasteiger charge is -2.11. The van der Waals surface area contributed by atoms with E-state index in [0.717, 1.165) is 42.7 Å². The summed E-state index contributed by atoms with van der Waals surface area (Å²) in [5.41, 5.74) is 3.84. The van der Waals surface area contributed by atoms with E-state index < -0.39 is 0 Å². The summed E-state index contributed by atoms with van der Waals surface area (Å²) >= 11 is 7.03. The molecule has 0 aliphatic rings. The monoisotopic (exact) mass is 424 g/mol. The van der Waals surface area contributed by atoms with Crippen molar-refractivity contribution in [3.8, 4) is 5.75 Å². The molecule has 0 atom stereocenters. The molecular formula is C15H14Br2N4O. The molecule has 3 aromatic rings. The topological polar surface area (TPSA) is 62.8 Å². The van der Waals surface area contributed by atoms with E-state index in [-0.39, 0.29) is 0 Å². The molecule has 7 heteroatoms. The van der Waals surface area contributed by atoms with Crippen LogP contribution in [-0.2, 0) is 6.54 Å². The number of aromatic nitrogens is 3. The Balaban J connectivity index is 1.80. The number of pyridine rings is 1. The van der Waals surface area contributed by atoms with Crippen LogP contribution in [0.3, 0.4) is 0 Å². The fraction of sp³-hybridized carbons (Fsp3) is 0.200. The van der Waals surface area contributed by atoms with Crippen LogP contribution in [0.4, 0.5) is 5.69 Å². The molecule has 0 saturated carbocycles. The highest BCUT2D eigenvalue weighted by atomic mass is 79.9. The maximum Gasteiger partial charge on any atom is 0.181 e. The molecule has 0 bridgehead atoms. The number of benzene rings is 1. The molecule has 2 heterocycles. The summed E-state index contributed by atoms with van der Waals surface area (Å²) in [6, 6.07) is 6.12. The van der Waals surface area contributed by atoms with Crippen LogP contribution in [-0.4, -0.2) is 22.3 Å². The summed E-state index contributed by atoms with van der Waals surface area (Å²) < 4.78 is 7.15. The molecule has 2 N–H and O–H groups in total. The van der Waals surface area contributed by atoms with E-state index in [4.69, 9.17) is 4.74 Å². The zero-order chi connectivity index (χ0) is 15.7. The van der Waals surface area contributed by atoms with E-state index >= 15 is 0 Å². The van der Waals surface area contributed by atoms with Gasteiger partial charge < -0.3 is 10.1 Å². The van der Waals surface area contributed by atoms with Gasteiger partial charge >= 0.3 is 0 Å². The molecule has 0 aliphatic heterocycles. The van der Waals surface area contributed by atoms with Crippen LogP contribution < -0.4 is 10.1 Å². The Morgan fingerprint density at radius 1 is 1.23 bits per heavy atom. The molecular weight excluding hydrogens is 412 g/mol. The Kier molecular flexibility index (Phi) is 4.35. The average molecular weight is 426 g/mol. The van der Waals surface area contributed by atoms with Crippen LogP contribution in [0.25, 0.3) is 11.0 Å². The number of fused-ring (bicyclic) bond motifs is 1. The van der Waals surface area contributed by atoms with Crippen molar-refractivity contribution in [3.05, 3.63) is 44.6 Å². The second-order valence-electron chi connectivity index (χ2n) is 4.89. The summed E-state index contributed by atoms with van der Waals surface area (Å²) in [5, 5.41) is 11.5. The molecule has 0 saturated heterocycles. The average Bonchev–Trinajstić information content (AvgIpc) is 2.86. The highest BCUT2D eigenvalue weighted by Gasteiger charge is 2.08. The molecule has 2 aromatic heterocycles. The molecule has 1 aromatic carbocycles. The minimum Gasteiger partial charge on any atom is -0.494 e. The number of halogens is 2. The molecule has 3 rings (SSSR count). The Hall–Kier alpha value is -1.60. The van der Waals surface area contributed by atoms with Crippen molar-refractivity contribution < 1.29 is 4.74 Å².